The van der Waals surface area contributed by atoms with Crippen molar-refractivity contribution >= 4 is 5.78 Å². The van der Waals surface area contributed by atoms with Crippen molar-refractivity contribution in [1.82, 2.24) is 0 Å². The number of para-hydroxylation sites is 1. The van der Waals surface area contributed by atoms with Gasteiger partial charge in [-0.2, -0.15) is 0 Å². The van der Waals surface area contributed by atoms with Crippen LogP contribution in [0.3, 0.4) is 0 Å². The van der Waals surface area contributed by atoms with Crippen LogP contribution >= 0.6 is 0 Å². The monoisotopic (exact) mass is 276 g/mol. The predicted molar refractivity (Wildman–Crippen MR) is 72.0 cm³/mol. The lowest BCUT2D eigenvalue weighted by Gasteiger charge is -2.09. The highest BCUT2D eigenvalue weighted by molar-refractivity contribution is 5.97. The van der Waals surface area contributed by atoms with Crippen LogP contribution in [-0.2, 0) is 6.42 Å². The number of halogens is 2. The van der Waals surface area contributed by atoms with Crippen LogP contribution in [0.2, 0.25) is 0 Å². The molecule has 4 heteroatoms. The Kier molecular flexibility index (Phi) is 4.45. The topological polar surface area (TPSA) is 26.3 Å². The number of Topliss-reactive ketones (excluding diaryl/α,β-unsaturated/α-hetero) is 1. The van der Waals surface area contributed by atoms with Gasteiger partial charge in [-0.3, -0.25) is 4.79 Å². The maximum Gasteiger partial charge on any atom is 0.203 e. The van der Waals surface area contributed by atoms with Gasteiger partial charge in [0.2, 0.25) is 5.78 Å². The van der Waals surface area contributed by atoms with Crippen LogP contribution in [0.5, 0.6) is 5.75 Å². The number of ether oxygens (including phenoxy) is 1. The summed E-state index contributed by atoms with van der Waals surface area (Å²) in [6, 6.07) is 10.2. The van der Waals surface area contributed by atoms with Gasteiger partial charge in [0.25, 0.3) is 0 Å². The quantitative estimate of drug-likeness (QED) is 0.777. The van der Waals surface area contributed by atoms with E-state index in [2.05, 4.69) is 0 Å². The molecule has 0 aliphatic carbocycles. The molecule has 0 unspecified atom stereocenters. The fraction of sp³-hybridized carbons (Fsp3) is 0.188. The second-order valence-corrected chi connectivity index (χ2v) is 4.30. The fourth-order valence-corrected chi connectivity index (χ4v) is 1.87. The van der Waals surface area contributed by atoms with Crippen LogP contribution in [0.25, 0.3) is 0 Å². The van der Waals surface area contributed by atoms with Crippen molar-refractivity contribution in [3.8, 4) is 5.75 Å². The third kappa shape index (κ3) is 3.20. The Morgan fingerprint density at radius 2 is 1.90 bits per heavy atom. The maximum atomic E-state index is 13.5. The summed E-state index contributed by atoms with van der Waals surface area (Å²) in [6.45, 7) is 1.70. The molecule has 0 spiro atoms. The van der Waals surface area contributed by atoms with Crippen LogP contribution in [0.1, 0.15) is 22.8 Å². The Bertz CT molecular complexity index is 624. The maximum absolute atomic E-state index is 13.5. The minimum Gasteiger partial charge on any atom is -0.485 e. The molecule has 0 N–H and O–H groups in total. The minimum absolute atomic E-state index is 0.166. The molecule has 0 bridgehead atoms. The zero-order valence-electron chi connectivity index (χ0n) is 11.0. The molecule has 0 radical (unpaired) electrons. The van der Waals surface area contributed by atoms with E-state index in [0.717, 1.165) is 24.1 Å². The fourth-order valence-electron chi connectivity index (χ4n) is 1.87. The van der Waals surface area contributed by atoms with E-state index in [9.17, 15) is 13.6 Å². The normalized spacial score (nSPS) is 10.3. The summed E-state index contributed by atoms with van der Waals surface area (Å²) in [4.78, 5) is 11.9. The molecule has 0 heterocycles. The van der Waals surface area contributed by atoms with E-state index in [1.54, 1.807) is 12.1 Å². The molecule has 0 saturated carbocycles. The summed E-state index contributed by atoms with van der Waals surface area (Å²) >= 11 is 0. The SMILES string of the molecule is CCc1ccccc1OCC(=O)c1ccc(F)cc1F. The van der Waals surface area contributed by atoms with Crippen LogP contribution in [0.4, 0.5) is 8.78 Å². The number of hydrogen-bond acceptors (Lipinski definition) is 2. The minimum atomic E-state index is -0.873. The third-order valence-electron chi connectivity index (χ3n) is 2.94. The summed E-state index contributed by atoms with van der Waals surface area (Å²) in [5.41, 5.74) is 0.806. The van der Waals surface area contributed by atoms with Crippen molar-refractivity contribution in [2.45, 2.75) is 13.3 Å². The number of rotatable bonds is 5. The first kappa shape index (κ1) is 14.2. The Labute approximate surface area is 116 Å². The zero-order chi connectivity index (χ0) is 14.5. The van der Waals surface area contributed by atoms with Crippen LogP contribution in [0, 0.1) is 11.6 Å². The number of carbonyl (C=O) groups excluding carboxylic acids is 1. The van der Waals surface area contributed by atoms with Gasteiger partial charge in [0.1, 0.15) is 17.4 Å². The van der Waals surface area contributed by atoms with Crippen molar-refractivity contribution in [3.63, 3.8) is 0 Å². The Hall–Kier alpha value is -2.23. The molecule has 0 aliphatic rings. The van der Waals surface area contributed by atoms with Gasteiger partial charge in [-0.1, -0.05) is 25.1 Å². The first-order valence-electron chi connectivity index (χ1n) is 6.30. The lowest BCUT2D eigenvalue weighted by Crippen LogP contribution is -2.14. The largest absolute Gasteiger partial charge is 0.485 e. The molecular formula is C16H14F2O2. The standard InChI is InChI=1S/C16H14F2O2/c1-2-11-5-3-4-6-16(11)20-10-15(19)13-8-7-12(17)9-14(13)18/h3-9H,2,10H2,1H3. The molecule has 0 fully saturated rings. The van der Waals surface area contributed by atoms with Gasteiger partial charge >= 0.3 is 0 Å². The van der Waals surface area contributed by atoms with Crippen LogP contribution in [0.15, 0.2) is 42.5 Å². The smallest absolute Gasteiger partial charge is 0.203 e. The molecule has 2 aromatic carbocycles. The van der Waals surface area contributed by atoms with Gasteiger partial charge < -0.3 is 4.74 Å². The van der Waals surface area contributed by atoms with Gasteiger partial charge in [-0.05, 0) is 30.2 Å². The van der Waals surface area contributed by atoms with Gasteiger partial charge in [-0.25, -0.2) is 8.78 Å². The Morgan fingerprint density at radius 3 is 2.60 bits per heavy atom. The molecule has 0 amide bonds. The Balaban J connectivity index is 2.09. The summed E-state index contributed by atoms with van der Waals surface area (Å²) in [7, 11) is 0. The second kappa shape index (κ2) is 6.28. The van der Waals surface area contributed by atoms with E-state index in [1.807, 2.05) is 19.1 Å². The number of carbonyl (C=O) groups is 1. The summed E-state index contributed by atoms with van der Waals surface area (Å²) in [5.74, 6) is -1.50. The lowest BCUT2D eigenvalue weighted by atomic mass is 10.1. The van der Waals surface area contributed by atoms with E-state index in [0.29, 0.717) is 11.8 Å². The van der Waals surface area contributed by atoms with Crippen molar-refractivity contribution in [3.05, 3.63) is 65.2 Å². The highest BCUT2D eigenvalue weighted by Gasteiger charge is 2.13. The van der Waals surface area contributed by atoms with Gasteiger partial charge in [0.05, 0.1) is 5.56 Å². The van der Waals surface area contributed by atoms with E-state index < -0.39 is 17.4 Å². The average Bonchev–Trinajstić information content (AvgIpc) is 2.45. The van der Waals surface area contributed by atoms with Crippen LogP contribution in [-0.4, -0.2) is 12.4 Å². The Morgan fingerprint density at radius 1 is 1.15 bits per heavy atom. The van der Waals surface area contributed by atoms with Gasteiger partial charge in [0, 0.05) is 6.07 Å². The zero-order valence-corrected chi connectivity index (χ0v) is 11.0. The number of ketones is 1. The number of hydrogen-bond donors (Lipinski definition) is 0. The van der Waals surface area contributed by atoms with Gasteiger partial charge in [0.15, 0.2) is 6.61 Å². The molecule has 2 aromatic rings. The summed E-state index contributed by atoms with van der Waals surface area (Å²) < 4.78 is 31.7. The van der Waals surface area contributed by atoms with E-state index in [-0.39, 0.29) is 12.2 Å². The van der Waals surface area contributed by atoms with Crippen molar-refractivity contribution in [2.24, 2.45) is 0 Å². The van der Waals surface area contributed by atoms with Crippen molar-refractivity contribution < 1.29 is 18.3 Å². The molecule has 104 valence electrons. The summed E-state index contributed by atoms with van der Waals surface area (Å²) in [5, 5.41) is 0. The van der Waals surface area contributed by atoms with E-state index in [4.69, 9.17) is 4.74 Å². The molecule has 0 atom stereocenters. The molecule has 0 aromatic heterocycles. The van der Waals surface area contributed by atoms with Crippen LogP contribution < -0.4 is 4.74 Å². The second-order valence-electron chi connectivity index (χ2n) is 4.30. The van der Waals surface area contributed by atoms with E-state index >= 15 is 0 Å². The first-order chi connectivity index (χ1) is 9.61. The van der Waals surface area contributed by atoms with Gasteiger partial charge in [-0.15, -0.1) is 0 Å². The highest BCUT2D eigenvalue weighted by atomic mass is 19.1. The molecule has 0 saturated heterocycles. The molecule has 2 nitrogen and oxygen atoms in total. The summed E-state index contributed by atoms with van der Waals surface area (Å²) in [6.07, 6.45) is 0.773. The molecular weight excluding hydrogens is 262 g/mol. The number of aryl methyl sites for hydroxylation is 1. The first-order valence-corrected chi connectivity index (χ1v) is 6.30. The third-order valence-corrected chi connectivity index (χ3v) is 2.94. The predicted octanol–water partition coefficient (Wildman–Crippen LogP) is 3.79. The number of benzene rings is 2. The van der Waals surface area contributed by atoms with Crippen molar-refractivity contribution in [2.75, 3.05) is 6.61 Å². The molecule has 0 aliphatic heterocycles. The van der Waals surface area contributed by atoms with Crippen molar-refractivity contribution in [1.29, 1.82) is 0 Å². The average molecular weight is 276 g/mol. The lowest BCUT2D eigenvalue weighted by molar-refractivity contribution is 0.0916. The molecule has 2 rings (SSSR count). The molecule has 20 heavy (non-hydrogen) atoms. The van der Waals surface area contributed by atoms with E-state index in [1.165, 1.54) is 0 Å². The highest BCUT2D eigenvalue weighted by Crippen LogP contribution is 2.19.